The Morgan fingerprint density at radius 1 is 0.917 bits per heavy atom. The van der Waals surface area contributed by atoms with Crippen LogP contribution in [0.1, 0.15) is 36.8 Å². The lowest BCUT2D eigenvalue weighted by Crippen LogP contribution is -2.24. The summed E-state index contributed by atoms with van der Waals surface area (Å²) in [4.78, 5) is 0.321. The third kappa shape index (κ3) is 6.19. The fourth-order valence-corrected chi connectivity index (χ4v) is 3.28. The second-order valence-corrected chi connectivity index (χ2v) is 7.46. The highest BCUT2D eigenvalue weighted by atomic mass is 32.2. The molecule has 0 aliphatic carbocycles. The number of rotatable bonds is 7. The van der Waals surface area contributed by atoms with Gasteiger partial charge in [-0.25, -0.2) is 13.1 Å². The largest absolute Gasteiger partial charge is 0.240 e. The first-order chi connectivity index (χ1) is 11.6. The van der Waals surface area contributed by atoms with Crippen molar-refractivity contribution in [2.24, 2.45) is 0 Å². The zero-order chi connectivity index (χ0) is 17.3. The first-order valence-electron chi connectivity index (χ1n) is 8.18. The van der Waals surface area contributed by atoms with Crippen molar-refractivity contribution < 1.29 is 8.42 Å². The lowest BCUT2D eigenvalue weighted by molar-refractivity contribution is 0.575. The quantitative estimate of drug-likeness (QED) is 0.613. The van der Waals surface area contributed by atoms with Gasteiger partial charge in [-0.1, -0.05) is 54.2 Å². The van der Waals surface area contributed by atoms with Gasteiger partial charge in [0.25, 0.3) is 0 Å². The molecule has 2 rings (SSSR count). The van der Waals surface area contributed by atoms with Crippen molar-refractivity contribution in [1.82, 2.24) is 4.72 Å². The predicted molar refractivity (Wildman–Crippen MR) is 98.2 cm³/mol. The normalized spacial score (nSPS) is 10.9. The smallest absolute Gasteiger partial charge is 0.211 e. The zero-order valence-corrected chi connectivity index (χ0v) is 14.8. The molecule has 0 aliphatic heterocycles. The molecule has 2 aromatic rings. The minimum atomic E-state index is -3.39. The fourth-order valence-electron chi connectivity index (χ4n) is 2.21. The number of aryl methyl sites for hydroxylation is 1. The Morgan fingerprint density at radius 3 is 2.33 bits per heavy atom. The van der Waals surface area contributed by atoms with Gasteiger partial charge in [-0.15, -0.1) is 0 Å². The van der Waals surface area contributed by atoms with Crippen LogP contribution in [0, 0.1) is 18.8 Å². The molecule has 3 nitrogen and oxygen atoms in total. The Bertz CT molecular complexity index is 785. The fraction of sp³-hybridized carbons (Fsp3) is 0.300. The number of benzene rings is 2. The zero-order valence-electron chi connectivity index (χ0n) is 14.0. The third-order valence-corrected chi connectivity index (χ3v) is 5.09. The predicted octanol–water partition coefficient (Wildman–Crippen LogP) is 3.89. The van der Waals surface area contributed by atoms with E-state index in [9.17, 15) is 8.42 Å². The molecule has 0 aliphatic rings. The summed E-state index contributed by atoms with van der Waals surface area (Å²) in [7, 11) is -3.39. The van der Waals surface area contributed by atoms with Crippen molar-refractivity contribution in [2.45, 2.75) is 37.5 Å². The molecule has 24 heavy (non-hydrogen) atoms. The number of sulfonamides is 1. The highest BCUT2D eigenvalue weighted by Gasteiger charge is 2.12. The highest BCUT2D eigenvalue weighted by Crippen LogP contribution is 2.10. The number of hydrogen-bond acceptors (Lipinski definition) is 2. The van der Waals surface area contributed by atoms with Gasteiger partial charge in [-0.3, -0.25) is 0 Å². The molecule has 0 atom stereocenters. The van der Waals surface area contributed by atoms with E-state index in [1.807, 2.05) is 37.3 Å². The van der Waals surface area contributed by atoms with Crippen molar-refractivity contribution >= 4 is 10.0 Å². The van der Waals surface area contributed by atoms with Crippen LogP contribution in [-0.2, 0) is 10.0 Å². The second-order valence-electron chi connectivity index (χ2n) is 5.69. The van der Waals surface area contributed by atoms with Crippen molar-refractivity contribution in [1.29, 1.82) is 0 Å². The van der Waals surface area contributed by atoms with Gasteiger partial charge in [0.2, 0.25) is 10.0 Å². The van der Waals surface area contributed by atoms with Crippen LogP contribution in [0.2, 0.25) is 0 Å². The molecule has 126 valence electrons. The maximum atomic E-state index is 12.1. The Hall–Kier alpha value is -2.09. The molecule has 0 spiro atoms. The molecular formula is C20H23NO2S. The minimum absolute atomic E-state index is 0.321. The van der Waals surface area contributed by atoms with Crippen LogP contribution in [0.5, 0.6) is 0 Å². The molecule has 2 aromatic carbocycles. The SMILES string of the molecule is Cc1ccc(S(=O)(=O)NCCCCCC#Cc2ccccc2)cc1. The van der Waals surface area contributed by atoms with Crippen molar-refractivity contribution in [3.63, 3.8) is 0 Å². The molecule has 0 radical (unpaired) electrons. The second kappa shape index (κ2) is 9.27. The van der Waals surface area contributed by atoms with Gasteiger partial charge in [0.15, 0.2) is 0 Å². The van der Waals surface area contributed by atoms with Crippen LogP contribution in [0.15, 0.2) is 59.5 Å². The molecule has 0 saturated carbocycles. The molecule has 0 amide bonds. The average Bonchev–Trinajstić information content (AvgIpc) is 2.58. The van der Waals surface area contributed by atoms with Gasteiger partial charge < -0.3 is 0 Å². The average molecular weight is 341 g/mol. The molecular weight excluding hydrogens is 318 g/mol. The summed E-state index contributed by atoms with van der Waals surface area (Å²) in [5.41, 5.74) is 2.08. The van der Waals surface area contributed by atoms with Crippen LogP contribution in [-0.4, -0.2) is 15.0 Å². The Labute approximate surface area is 145 Å². The van der Waals surface area contributed by atoms with Gasteiger partial charge in [0.1, 0.15) is 0 Å². The molecule has 0 saturated heterocycles. The van der Waals surface area contributed by atoms with Gasteiger partial charge in [0, 0.05) is 18.5 Å². The molecule has 0 fully saturated rings. The van der Waals surface area contributed by atoms with E-state index in [-0.39, 0.29) is 0 Å². The van der Waals surface area contributed by atoms with Crippen molar-refractivity contribution in [3.05, 3.63) is 65.7 Å². The van der Waals surface area contributed by atoms with Crippen molar-refractivity contribution in [3.8, 4) is 11.8 Å². The van der Waals surface area contributed by atoms with Crippen LogP contribution < -0.4 is 4.72 Å². The van der Waals surface area contributed by atoms with E-state index in [1.54, 1.807) is 24.3 Å². The molecule has 0 heterocycles. The number of hydrogen-bond donors (Lipinski definition) is 1. The summed E-state index contributed by atoms with van der Waals surface area (Å²) in [6.45, 7) is 2.40. The standard InChI is InChI=1S/C20H23NO2S/c1-18-13-15-20(16-14-18)24(22,23)21-17-9-4-2-3-6-10-19-11-7-5-8-12-19/h5,7-8,11-16,21H,2-4,9,17H2,1H3. The first kappa shape index (κ1) is 18.3. The van der Waals surface area contributed by atoms with Crippen molar-refractivity contribution in [2.75, 3.05) is 6.54 Å². The molecule has 4 heteroatoms. The first-order valence-corrected chi connectivity index (χ1v) is 9.66. The molecule has 0 unspecified atom stereocenters. The van der Waals surface area contributed by atoms with Crippen LogP contribution in [0.3, 0.4) is 0 Å². The summed E-state index contributed by atoms with van der Waals surface area (Å²) in [5.74, 6) is 6.28. The molecule has 0 bridgehead atoms. The number of unbranched alkanes of at least 4 members (excludes halogenated alkanes) is 3. The van der Waals surface area contributed by atoms with Gasteiger partial charge >= 0.3 is 0 Å². The molecule has 1 N–H and O–H groups in total. The summed E-state index contributed by atoms with van der Waals surface area (Å²) in [6, 6.07) is 16.8. The highest BCUT2D eigenvalue weighted by molar-refractivity contribution is 7.89. The Morgan fingerprint density at radius 2 is 1.62 bits per heavy atom. The lowest BCUT2D eigenvalue weighted by atomic mass is 10.2. The van der Waals surface area contributed by atoms with Gasteiger partial charge in [-0.05, 0) is 44.0 Å². The molecule has 0 aromatic heterocycles. The van der Waals surface area contributed by atoms with E-state index in [0.717, 1.165) is 36.8 Å². The Kier molecular flexibility index (Phi) is 7.05. The van der Waals surface area contributed by atoms with Gasteiger partial charge in [0.05, 0.1) is 4.90 Å². The van der Waals surface area contributed by atoms with Crippen LogP contribution >= 0.6 is 0 Å². The lowest BCUT2D eigenvalue weighted by Gasteiger charge is -2.06. The summed E-state index contributed by atoms with van der Waals surface area (Å²) in [6.07, 6.45) is 3.59. The minimum Gasteiger partial charge on any atom is -0.211 e. The van der Waals surface area contributed by atoms with E-state index in [1.165, 1.54) is 0 Å². The monoisotopic (exact) mass is 341 g/mol. The maximum Gasteiger partial charge on any atom is 0.240 e. The van der Waals surface area contributed by atoms with Crippen LogP contribution in [0.25, 0.3) is 0 Å². The van der Waals surface area contributed by atoms with E-state index >= 15 is 0 Å². The third-order valence-electron chi connectivity index (χ3n) is 3.61. The number of nitrogens with one attached hydrogen (secondary N) is 1. The maximum absolute atomic E-state index is 12.1. The van der Waals surface area contributed by atoms with E-state index < -0.39 is 10.0 Å². The van der Waals surface area contributed by atoms with E-state index in [0.29, 0.717) is 11.4 Å². The van der Waals surface area contributed by atoms with E-state index in [2.05, 4.69) is 16.6 Å². The van der Waals surface area contributed by atoms with Gasteiger partial charge in [-0.2, -0.15) is 0 Å². The Balaban J connectivity index is 1.64. The summed E-state index contributed by atoms with van der Waals surface area (Å²) >= 11 is 0. The van der Waals surface area contributed by atoms with Crippen LogP contribution in [0.4, 0.5) is 0 Å². The summed E-state index contributed by atoms with van der Waals surface area (Å²) < 4.78 is 26.9. The topological polar surface area (TPSA) is 46.2 Å². The summed E-state index contributed by atoms with van der Waals surface area (Å²) in [5, 5.41) is 0. The van der Waals surface area contributed by atoms with E-state index in [4.69, 9.17) is 0 Å².